The first kappa shape index (κ1) is 16.5. The Bertz CT molecular complexity index is 731. The van der Waals surface area contributed by atoms with Crippen molar-refractivity contribution in [3.05, 3.63) is 40.0 Å². The number of aryl methyl sites for hydroxylation is 1. The summed E-state index contributed by atoms with van der Waals surface area (Å²) in [7, 11) is 0. The minimum absolute atomic E-state index is 0.153. The van der Waals surface area contributed by atoms with Crippen molar-refractivity contribution in [2.45, 2.75) is 38.5 Å². The SMILES string of the molecule is Cc1nc(C2CCCC2)sc1C(=O)N1CCN(c2ccccn2)CC1. The monoisotopic (exact) mass is 356 g/mol. The van der Waals surface area contributed by atoms with E-state index in [4.69, 9.17) is 4.98 Å². The molecule has 0 N–H and O–H groups in total. The molecular weight excluding hydrogens is 332 g/mol. The molecular formula is C19H24N4OS. The van der Waals surface area contributed by atoms with Crippen molar-refractivity contribution >= 4 is 23.1 Å². The van der Waals surface area contributed by atoms with E-state index >= 15 is 0 Å². The van der Waals surface area contributed by atoms with Gasteiger partial charge >= 0.3 is 0 Å². The lowest BCUT2D eigenvalue weighted by molar-refractivity contribution is 0.0750. The first-order valence-corrected chi connectivity index (χ1v) is 9.96. The number of amides is 1. The van der Waals surface area contributed by atoms with Gasteiger partial charge in [-0.3, -0.25) is 4.79 Å². The van der Waals surface area contributed by atoms with Crippen molar-refractivity contribution in [3.8, 4) is 0 Å². The Morgan fingerprint density at radius 3 is 2.60 bits per heavy atom. The number of carbonyl (C=O) groups is 1. The molecule has 0 bridgehead atoms. The predicted octanol–water partition coefficient (Wildman–Crippen LogP) is 3.47. The largest absolute Gasteiger partial charge is 0.353 e. The summed E-state index contributed by atoms with van der Waals surface area (Å²) in [6.07, 6.45) is 6.86. The fourth-order valence-electron chi connectivity index (χ4n) is 3.79. The highest BCUT2D eigenvalue weighted by molar-refractivity contribution is 7.13. The van der Waals surface area contributed by atoms with E-state index in [-0.39, 0.29) is 5.91 Å². The number of piperazine rings is 1. The van der Waals surface area contributed by atoms with E-state index in [0.717, 1.165) is 42.6 Å². The molecule has 4 rings (SSSR count). The lowest BCUT2D eigenvalue weighted by Crippen LogP contribution is -2.49. The van der Waals surface area contributed by atoms with E-state index < -0.39 is 0 Å². The van der Waals surface area contributed by atoms with Crippen LogP contribution in [0.1, 0.15) is 52.0 Å². The number of hydrogen-bond donors (Lipinski definition) is 0. The highest BCUT2D eigenvalue weighted by atomic mass is 32.1. The van der Waals surface area contributed by atoms with E-state index in [1.807, 2.05) is 36.2 Å². The van der Waals surface area contributed by atoms with Crippen LogP contribution >= 0.6 is 11.3 Å². The summed E-state index contributed by atoms with van der Waals surface area (Å²) < 4.78 is 0. The van der Waals surface area contributed by atoms with Crippen LogP contribution in [0, 0.1) is 6.92 Å². The summed E-state index contributed by atoms with van der Waals surface area (Å²) in [4.78, 5) is 27.1. The van der Waals surface area contributed by atoms with Crippen LogP contribution in [0.3, 0.4) is 0 Å². The number of pyridine rings is 1. The van der Waals surface area contributed by atoms with Crippen molar-refractivity contribution < 1.29 is 4.79 Å². The first-order chi connectivity index (χ1) is 12.2. The minimum Gasteiger partial charge on any atom is -0.353 e. The fourth-order valence-corrected chi connectivity index (χ4v) is 4.99. The van der Waals surface area contributed by atoms with E-state index in [1.54, 1.807) is 11.3 Å². The molecule has 2 aliphatic rings. The summed E-state index contributed by atoms with van der Waals surface area (Å²) in [6.45, 7) is 5.12. The Hall–Kier alpha value is -1.95. The first-order valence-electron chi connectivity index (χ1n) is 9.15. The van der Waals surface area contributed by atoms with Crippen molar-refractivity contribution in [1.29, 1.82) is 0 Å². The zero-order chi connectivity index (χ0) is 17.2. The molecule has 3 heterocycles. The molecule has 1 saturated heterocycles. The molecule has 0 radical (unpaired) electrons. The molecule has 0 unspecified atom stereocenters. The molecule has 5 nitrogen and oxygen atoms in total. The van der Waals surface area contributed by atoms with Gasteiger partial charge in [0.2, 0.25) is 0 Å². The van der Waals surface area contributed by atoms with Gasteiger partial charge in [-0.2, -0.15) is 0 Å². The van der Waals surface area contributed by atoms with Crippen molar-refractivity contribution in [3.63, 3.8) is 0 Å². The maximum absolute atomic E-state index is 13.0. The van der Waals surface area contributed by atoms with Crippen LogP contribution in [0.4, 0.5) is 5.82 Å². The molecule has 2 fully saturated rings. The Kier molecular flexibility index (Phi) is 4.70. The van der Waals surface area contributed by atoms with Crippen LogP contribution in [-0.2, 0) is 0 Å². The van der Waals surface area contributed by atoms with Gasteiger partial charge in [-0.05, 0) is 31.9 Å². The maximum atomic E-state index is 13.0. The average molecular weight is 356 g/mol. The molecule has 1 aliphatic carbocycles. The van der Waals surface area contributed by atoms with Crippen LogP contribution in [0.5, 0.6) is 0 Å². The Morgan fingerprint density at radius 1 is 1.16 bits per heavy atom. The zero-order valence-electron chi connectivity index (χ0n) is 14.6. The smallest absolute Gasteiger partial charge is 0.265 e. The molecule has 6 heteroatoms. The maximum Gasteiger partial charge on any atom is 0.265 e. The van der Waals surface area contributed by atoms with E-state index in [0.29, 0.717) is 5.92 Å². The highest BCUT2D eigenvalue weighted by Crippen LogP contribution is 2.37. The summed E-state index contributed by atoms with van der Waals surface area (Å²) in [6, 6.07) is 5.96. The number of thiazole rings is 1. The van der Waals surface area contributed by atoms with Gasteiger partial charge in [-0.15, -0.1) is 11.3 Å². The van der Waals surface area contributed by atoms with Crippen molar-refractivity contribution in [1.82, 2.24) is 14.9 Å². The van der Waals surface area contributed by atoms with Crippen LogP contribution in [-0.4, -0.2) is 47.0 Å². The van der Waals surface area contributed by atoms with Crippen molar-refractivity contribution in [2.24, 2.45) is 0 Å². The molecule has 0 aromatic carbocycles. The van der Waals surface area contributed by atoms with Crippen LogP contribution < -0.4 is 4.90 Å². The third-order valence-electron chi connectivity index (χ3n) is 5.25. The van der Waals surface area contributed by atoms with Crippen molar-refractivity contribution in [2.75, 3.05) is 31.1 Å². The fraction of sp³-hybridized carbons (Fsp3) is 0.526. The molecule has 132 valence electrons. The van der Waals surface area contributed by atoms with Gasteiger partial charge in [0.1, 0.15) is 10.7 Å². The minimum atomic E-state index is 0.153. The molecule has 25 heavy (non-hydrogen) atoms. The number of rotatable bonds is 3. The summed E-state index contributed by atoms with van der Waals surface area (Å²) in [5.41, 5.74) is 0.907. The number of carbonyl (C=O) groups excluding carboxylic acids is 1. The van der Waals surface area contributed by atoms with Crippen LogP contribution in [0.25, 0.3) is 0 Å². The third kappa shape index (κ3) is 3.40. The molecule has 0 spiro atoms. The lowest BCUT2D eigenvalue weighted by Gasteiger charge is -2.35. The summed E-state index contributed by atoms with van der Waals surface area (Å²) in [5.74, 6) is 1.72. The number of nitrogens with zero attached hydrogens (tertiary/aromatic N) is 4. The average Bonchev–Trinajstić information content (AvgIpc) is 3.32. The summed E-state index contributed by atoms with van der Waals surface area (Å²) in [5, 5.41) is 1.17. The zero-order valence-corrected chi connectivity index (χ0v) is 15.5. The van der Waals surface area contributed by atoms with Gasteiger partial charge < -0.3 is 9.80 Å². The van der Waals surface area contributed by atoms with Gasteiger partial charge in [0.05, 0.1) is 10.7 Å². The second-order valence-corrected chi connectivity index (χ2v) is 7.95. The lowest BCUT2D eigenvalue weighted by atomic mass is 10.1. The second-order valence-electron chi connectivity index (χ2n) is 6.92. The third-order valence-corrected chi connectivity index (χ3v) is 6.56. The number of hydrogen-bond acceptors (Lipinski definition) is 5. The normalized spacial score (nSPS) is 18.8. The topological polar surface area (TPSA) is 49.3 Å². The van der Waals surface area contributed by atoms with Crippen LogP contribution in [0.15, 0.2) is 24.4 Å². The molecule has 1 aliphatic heterocycles. The highest BCUT2D eigenvalue weighted by Gasteiger charge is 2.28. The van der Waals surface area contributed by atoms with Gasteiger partial charge in [-0.25, -0.2) is 9.97 Å². The van der Waals surface area contributed by atoms with Gasteiger partial charge in [0.15, 0.2) is 0 Å². The predicted molar refractivity (Wildman–Crippen MR) is 100 cm³/mol. The molecule has 2 aromatic heterocycles. The molecule has 2 aromatic rings. The number of aromatic nitrogens is 2. The van der Waals surface area contributed by atoms with Crippen LogP contribution in [0.2, 0.25) is 0 Å². The molecule has 1 amide bonds. The van der Waals surface area contributed by atoms with Gasteiger partial charge in [0.25, 0.3) is 5.91 Å². The molecule has 0 atom stereocenters. The Labute approximate surface area is 152 Å². The van der Waals surface area contributed by atoms with E-state index in [2.05, 4.69) is 9.88 Å². The number of anilines is 1. The second kappa shape index (κ2) is 7.12. The standard InChI is InChI=1S/C19H24N4OS/c1-14-17(25-18(21-14)15-6-2-3-7-15)19(24)23-12-10-22(11-13-23)16-8-4-5-9-20-16/h4-5,8-9,15H,2-3,6-7,10-13H2,1H3. The Balaban J connectivity index is 1.42. The summed E-state index contributed by atoms with van der Waals surface area (Å²) >= 11 is 1.63. The quantitative estimate of drug-likeness (QED) is 0.845. The van der Waals surface area contributed by atoms with E-state index in [1.165, 1.54) is 30.7 Å². The van der Waals surface area contributed by atoms with E-state index in [9.17, 15) is 4.79 Å². The van der Waals surface area contributed by atoms with Gasteiger partial charge in [0, 0.05) is 38.3 Å². The van der Waals surface area contributed by atoms with Gasteiger partial charge in [-0.1, -0.05) is 18.9 Å². The Morgan fingerprint density at radius 2 is 1.92 bits per heavy atom. The molecule has 1 saturated carbocycles.